The van der Waals surface area contributed by atoms with Crippen molar-refractivity contribution in [2.45, 2.75) is 39.8 Å². The molecule has 1 aromatic carbocycles. The van der Waals surface area contributed by atoms with Crippen molar-refractivity contribution in [1.29, 1.82) is 0 Å². The molecule has 6 nitrogen and oxygen atoms in total. The van der Waals surface area contributed by atoms with E-state index >= 15 is 0 Å². The summed E-state index contributed by atoms with van der Waals surface area (Å²) < 4.78 is 0. The number of nitrogens with zero attached hydrogens (tertiary/aromatic N) is 1. The number of carbonyl (C=O) groups excluding carboxylic acids is 2. The molecule has 2 aromatic rings. The molecule has 0 bridgehead atoms. The maximum absolute atomic E-state index is 12.1. The summed E-state index contributed by atoms with van der Waals surface area (Å²) >= 11 is 0. The number of anilines is 1. The van der Waals surface area contributed by atoms with E-state index in [0.29, 0.717) is 13.0 Å². The van der Waals surface area contributed by atoms with Gasteiger partial charge >= 0.3 is 6.03 Å². The predicted octanol–water partition coefficient (Wildman–Crippen LogP) is 3.30. The van der Waals surface area contributed by atoms with Crippen LogP contribution in [0.25, 0.3) is 0 Å². The Morgan fingerprint density at radius 3 is 2.52 bits per heavy atom. The molecule has 132 valence electrons. The standard InChI is InChI=1S/C19H24N4O2/c1-4-18(24)23-16-9-7-15(8-10-16)14(3)22-19(25)21-12-17-13(2)6-5-11-20-17/h5-11,14H,4,12H2,1-3H3,(H,23,24)(H2,21,22,25)/t14-/m0/s1. The number of benzene rings is 1. The lowest BCUT2D eigenvalue weighted by atomic mass is 10.1. The second kappa shape index (κ2) is 8.82. The van der Waals surface area contributed by atoms with Crippen molar-refractivity contribution >= 4 is 17.6 Å². The lowest BCUT2D eigenvalue weighted by Crippen LogP contribution is -2.36. The Hall–Kier alpha value is -2.89. The molecule has 0 aliphatic carbocycles. The number of hydrogen-bond donors (Lipinski definition) is 3. The van der Waals surface area contributed by atoms with Crippen molar-refractivity contribution < 1.29 is 9.59 Å². The molecule has 1 atom stereocenters. The minimum Gasteiger partial charge on any atom is -0.332 e. The summed E-state index contributed by atoms with van der Waals surface area (Å²) in [6, 6.07) is 10.9. The van der Waals surface area contributed by atoms with Gasteiger partial charge in [0, 0.05) is 18.3 Å². The van der Waals surface area contributed by atoms with Gasteiger partial charge in [-0.25, -0.2) is 4.79 Å². The van der Waals surface area contributed by atoms with Gasteiger partial charge in [0.05, 0.1) is 18.3 Å². The molecule has 1 heterocycles. The Morgan fingerprint density at radius 2 is 1.88 bits per heavy atom. The van der Waals surface area contributed by atoms with Crippen LogP contribution in [-0.4, -0.2) is 16.9 Å². The molecular weight excluding hydrogens is 316 g/mol. The molecule has 6 heteroatoms. The molecule has 2 rings (SSSR count). The van der Waals surface area contributed by atoms with E-state index in [2.05, 4.69) is 20.9 Å². The SMILES string of the molecule is CCC(=O)Nc1ccc([C@H](C)NC(=O)NCc2ncccc2C)cc1. The molecule has 1 aromatic heterocycles. The van der Waals surface area contributed by atoms with E-state index in [9.17, 15) is 9.59 Å². The van der Waals surface area contributed by atoms with Crippen molar-refractivity contribution in [3.8, 4) is 0 Å². The number of carbonyl (C=O) groups is 2. The van der Waals surface area contributed by atoms with Crippen LogP contribution in [0.1, 0.15) is 43.1 Å². The van der Waals surface area contributed by atoms with Crippen molar-refractivity contribution in [2.24, 2.45) is 0 Å². The fourth-order valence-electron chi connectivity index (χ4n) is 2.30. The van der Waals surface area contributed by atoms with E-state index in [0.717, 1.165) is 22.5 Å². The van der Waals surface area contributed by atoms with Crippen LogP contribution in [0.4, 0.5) is 10.5 Å². The summed E-state index contributed by atoms with van der Waals surface area (Å²) in [4.78, 5) is 27.7. The van der Waals surface area contributed by atoms with E-state index in [1.54, 1.807) is 13.1 Å². The van der Waals surface area contributed by atoms with Crippen molar-refractivity contribution in [3.05, 3.63) is 59.4 Å². The van der Waals surface area contributed by atoms with Crippen LogP contribution in [0.2, 0.25) is 0 Å². The van der Waals surface area contributed by atoms with Gasteiger partial charge in [0.2, 0.25) is 5.91 Å². The summed E-state index contributed by atoms with van der Waals surface area (Å²) in [7, 11) is 0. The molecule has 0 aliphatic heterocycles. The summed E-state index contributed by atoms with van der Waals surface area (Å²) in [5, 5.41) is 8.50. The highest BCUT2D eigenvalue weighted by Gasteiger charge is 2.10. The van der Waals surface area contributed by atoms with E-state index in [-0.39, 0.29) is 18.0 Å². The van der Waals surface area contributed by atoms with E-state index in [4.69, 9.17) is 0 Å². The van der Waals surface area contributed by atoms with Crippen LogP contribution in [0.15, 0.2) is 42.6 Å². The van der Waals surface area contributed by atoms with Gasteiger partial charge < -0.3 is 16.0 Å². The van der Waals surface area contributed by atoms with Crippen molar-refractivity contribution in [2.75, 3.05) is 5.32 Å². The number of amides is 3. The van der Waals surface area contributed by atoms with E-state index in [1.165, 1.54) is 0 Å². The highest BCUT2D eigenvalue weighted by Crippen LogP contribution is 2.16. The summed E-state index contributed by atoms with van der Waals surface area (Å²) in [6.45, 7) is 6.06. The highest BCUT2D eigenvalue weighted by molar-refractivity contribution is 5.90. The van der Waals surface area contributed by atoms with Crippen LogP contribution < -0.4 is 16.0 Å². The summed E-state index contributed by atoms with van der Waals surface area (Å²) in [5.74, 6) is -0.0249. The van der Waals surface area contributed by atoms with Crippen LogP contribution in [0.3, 0.4) is 0 Å². The number of urea groups is 1. The second-order valence-electron chi connectivity index (χ2n) is 5.84. The van der Waals surface area contributed by atoms with Gasteiger partial charge in [-0.05, 0) is 43.2 Å². The van der Waals surface area contributed by atoms with Gasteiger partial charge in [0.25, 0.3) is 0 Å². The van der Waals surface area contributed by atoms with Crippen LogP contribution in [0, 0.1) is 6.92 Å². The van der Waals surface area contributed by atoms with Crippen LogP contribution >= 0.6 is 0 Å². The molecule has 0 fully saturated rings. The first-order chi connectivity index (χ1) is 12.0. The van der Waals surface area contributed by atoms with Crippen molar-refractivity contribution in [1.82, 2.24) is 15.6 Å². The smallest absolute Gasteiger partial charge is 0.315 e. The Balaban J connectivity index is 1.86. The molecule has 0 unspecified atom stereocenters. The summed E-state index contributed by atoms with van der Waals surface area (Å²) in [5.41, 5.74) is 3.60. The maximum atomic E-state index is 12.1. The number of hydrogen-bond acceptors (Lipinski definition) is 3. The maximum Gasteiger partial charge on any atom is 0.315 e. The minimum absolute atomic E-state index is 0.0249. The van der Waals surface area contributed by atoms with E-state index < -0.39 is 0 Å². The summed E-state index contributed by atoms with van der Waals surface area (Å²) in [6.07, 6.45) is 2.15. The third-order valence-electron chi connectivity index (χ3n) is 3.90. The van der Waals surface area contributed by atoms with Gasteiger partial charge in [0.1, 0.15) is 0 Å². The highest BCUT2D eigenvalue weighted by atomic mass is 16.2. The fourth-order valence-corrected chi connectivity index (χ4v) is 2.30. The minimum atomic E-state index is -0.249. The van der Waals surface area contributed by atoms with Crippen LogP contribution in [-0.2, 0) is 11.3 Å². The number of rotatable bonds is 6. The molecule has 0 saturated heterocycles. The van der Waals surface area contributed by atoms with E-state index in [1.807, 2.05) is 50.2 Å². The number of aryl methyl sites for hydroxylation is 1. The average molecular weight is 340 g/mol. The third-order valence-corrected chi connectivity index (χ3v) is 3.90. The molecule has 0 aliphatic rings. The normalized spacial score (nSPS) is 11.5. The zero-order valence-corrected chi connectivity index (χ0v) is 14.8. The Bertz CT molecular complexity index is 728. The first kappa shape index (κ1) is 18.4. The van der Waals surface area contributed by atoms with Gasteiger partial charge in [-0.1, -0.05) is 25.1 Å². The average Bonchev–Trinajstić information content (AvgIpc) is 2.61. The van der Waals surface area contributed by atoms with Gasteiger partial charge in [-0.15, -0.1) is 0 Å². The number of pyridine rings is 1. The molecule has 3 amide bonds. The number of nitrogens with one attached hydrogen (secondary N) is 3. The monoisotopic (exact) mass is 340 g/mol. The molecule has 0 radical (unpaired) electrons. The Kier molecular flexibility index (Phi) is 6.51. The Morgan fingerprint density at radius 1 is 1.16 bits per heavy atom. The zero-order valence-electron chi connectivity index (χ0n) is 14.8. The first-order valence-electron chi connectivity index (χ1n) is 8.34. The Labute approximate surface area is 148 Å². The van der Waals surface area contributed by atoms with Crippen molar-refractivity contribution in [3.63, 3.8) is 0 Å². The third kappa shape index (κ3) is 5.60. The quantitative estimate of drug-likeness (QED) is 0.754. The lowest BCUT2D eigenvalue weighted by Gasteiger charge is -2.16. The molecule has 25 heavy (non-hydrogen) atoms. The second-order valence-corrected chi connectivity index (χ2v) is 5.84. The first-order valence-corrected chi connectivity index (χ1v) is 8.34. The largest absolute Gasteiger partial charge is 0.332 e. The molecular formula is C19H24N4O2. The van der Waals surface area contributed by atoms with Gasteiger partial charge in [0.15, 0.2) is 0 Å². The van der Waals surface area contributed by atoms with Gasteiger partial charge in [-0.2, -0.15) is 0 Å². The lowest BCUT2D eigenvalue weighted by molar-refractivity contribution is -0.115. The molecule has 0 saturated carbocycles. The van der Waals surface area contributed by atoms with Crippen LogP contribution in [0.5, 0.6) is 0 Å². The predicted molar refractivity (Wildman–Crippen MR) is 98.1 cm³/mol. The topological polar surface area (TPSA) is 83.1 Å². The molecule has 0 spiro atoms. The zero-order chi connectivity index (χ0) is 18.2. The number of aromatic nitrogens is 1. The fraction of sp³-hybridized carbons (Fsp3) is 0.316. The molecule has 3 N–H and O–H groups in total. The van der Waals surface area contributed by atoms with Gasteiger partial charge in [-0.3, -0.25) is 9.78 Å².